The van der Waals surface area contributed by atoms with Crippen LogP contribution in [-0.2, 0) is 0 Å². The molecule has 0 unspecified atom stereocenters. The van der Waals surface area contributed by atoms with E-state index in [1.165, 1.54) is 5.69 Å². The summed E-state index contributed by atoms with van der Waals surface area (Å²) in [5, 5.41) is 2.91. The highest BCUT2D eigenvalue weighted by molar-refractivity contribution is 5.57. The fourth-order valence-corrected chi connectivity index (χ4v) is 1.46. The maximum atomic E-state index is 12.8. The smallest absolute Gasteiger partial charge is 0.313 e. The summed E-state index contributed by atoms with van der Waals surface area (Å²) >= 11 is 0. The van der Waals surface area contributed by atoms with E-state index >= 15 is 0 Å². The molecule has 1 N–H and O–H groups in total. The number of benzene rings is 1. The largest absolute Gasteiger partial charge is 0.324 e. The molecule has 1 aromatic carbocycles. The van der Waals surface area contributed by atoms with Gasteiger partial charge in [-0.15, -0.1) is 0 Å². The molecule has 0 saturated carbocycles. The van der Waals surface area contributed by atoms with Crippen LogP contribution < -0.4 is 9.80 Å². The van der Waals surface area contributed by atoms with Crippen LogP contribution in [0.25, 0.3) is 0 Å². The van der Waals surface area contributed by atoms with Crippen LogP contribution in [0.1, 0.15) is 0 Å². The molecule has 5 nitrogen and oxygen atoms in total. The number of nitrogens with one attached hydrogen (secondary N) is 1. The number of hydrogen-bond donors (Lipinski definition) is 1. The number of hydrogen-bond acceptors (Lipinski definition) is 4. The van der Waals surface area contributed by atoms with Crippen LogP contribution in [0.3, 0.4) is 0 Å². The van der Waals surface area contributed by atoms with E-state index in [2.05, 4.69) is 41.4 Å². The number of quaternary nitrogens is 1. The van der Waals surface area contributed by atoms with E-state index in [0.29, 0.717) is 0 Å². The Bertz CT molecular complexity index is 533. The van der Waals surface area contributed by atoms with Crippen molar-refractivity contribution in [2.45, 2.75) is 0 Å². The van der Waals surface area contributed by atoms with Crippen LogP contribution in [0, 0.1) is 6.08 Å². The molecule has 0 amide bonds. The molecule has 18 heavy (non-hydrogen) atoms. The first-order chi connectivity index (χ1) is 8.45. The monoisotopic (exact) mass is 248 g/mol. The van der Waals surface area contributed by atoms with E-state index in [1.807, 2.05) is 24.3 Å². The molecular formula is C12H15FN5+. The standard InChI is InChI=1S/C12H15FN5/c1-18(2,3)10-6-4-9(5-7-10)16-12-15-8-14-11(13)17-12/h4-8H,1-3H3,(H,14,15,16,17)/q+1. The molecule has 94 valence electrons. The average Bonchev–Trinajstić information content (AvgIpc) is 2.28. The minimum Gasteiger partial charge on any atom is -0.324 e. The van der Waals surface area contributed by atoms with Gasteiger partial charge in [0.1, 0.15) is 12.0 Å². The van der Waals surface area contributed by atoms with Crippen LogP contribution in [0.4, 0.5) is 21.7 Å². The van der Waals surface area contributed by atoms with Crippen molar-refractivity contribution in [3.63, 3.8) is 0 Å². The van der Waals surface area contributed by atoms with Crippen LogP contribution in [0.15, 0.2) is 30.6 Å². The van der Waals surface area contributed by atoms with Gasteiger partial charge in [0, 0.05) is 17.8 Å². The molecule has 0 saturated heterocycles. The fraction of sp³-hybridized carbons (Fsp3) is 0.250. The SMILES string of the molecule is C[N+](C)(C)c1ccc(Nc2ncnc(F)n2)cc1. The van der Waals surface area contributed by atoms with E-state index in [1.54, 1.807) is 0 Å². The van der Waals surface area contributed by atoms with Gasteiger partial charge in [-0.25, -0.2) is 4.98 Å². The lowest BCUT2D eigenvalue weighted by Crippen LogP contribution is -2.34. The maximum absolute atomic E-state index is 12.8. The molecule has 0 radical (unpaired) electrons. The zero-order valence-electron chi connectivity index (χ0n) is 10.6. The predicted molar refractivity (Wildman–Crippen MR) is 69.1 cm³/mol. The van der Waals surface area contributed by atoms with E-state index in [-0.39, 0.29) is 5.95 Å². The van der Waals surface area contributed by atoms with Crippen molar-refractivity contribution in [1.82, 2.24) is 19.4 Å². The maximum Gasteiger partial charge on any atom is 0.313 e. The number of rotatable bonds is 3. The Morgan fingerprint density at radius 3 is 2.28 bits per heavy atom. The zero-order valence-corrected chi connectivity index (χ0v) is 10.6. The lowest BCUT2D eigenvalue weighted by atomic mass is 10.2. The summed E-state index contributed by atoms with van der Waals surface area (Å²) in [5.74, 6) is 0.195. The van der Waals surface area contributed by atoms with E-state index < -0.39 is 6.08 Å². The highest BCUT2D eigenvalue weighted by atomic mass is 19.1. The van der Waals surface area contributed by atoms with Crippen molar-refractivity contribution >= 4 is 17.3 Å². The Morgan fingerprint density at radius 1 is 1.06 bits per heavy atom. The Balaban J connectivity index is 2.16. The second kappa shape index (κ2) is 4.66. The van der Waals surface area contributed by atoms with Crippen molar-refractivity contribution < 1.29 is 4.39 Å². The molecular weight excluding hydrogens is 233 g/mol. The Labute approximate surface area is 105 Å². The highest BCUT2D eigenvalue weighted by Crippen LogP contribution is 2.20. The molecule has 0 aliphatic rings. The van der Waals surface area contributed by atoms with E-state index in [4.69, 9.17) is 0 Å². The van der Waals surface area contributed by atoms with Crippen LogP contribution in [-0.4, -0.2) is 36.1 Å². The highest BCUT2D eigenvalue weighted by Gasteiger charge is 2.11. The fourth-order valence-electron chi connectivity index (χ4n) is 1.46. The third-order valence-electron chi connectivity index (χ3n) is 2.44. The zero-order chi connectivity index (χ0) is 13.2. The van der Waals surface area contributed by atoms with Gasteiger partial charge in [0.05, 0.1) is 21.1 Å². The molecule has 2 rings (SSSR count). The van der Waals surface area contributed by atoms with Crippen molar-refractivity contribution in [3.8, 4) is 0 Å². The lowest BCUT2D eigenvalue weighted by Gasteiger charge is -2.23. The first-order valence-electron chi connectivity index (χ1n) is 5.49. The molecule has 0 spiro atoms. The van der Waals surface area contributed by atoms with Crippen molar-refractivity contribution in [3.05, 3.63) is 36.7 Å². The molecule has 1 aromatic heterocycles. The lowest BCUT2D eigenvalue weighted by molar-refractivity contribution is 0.486. The summed E-state index contributed by atoms with van der Waals surface area (Å²) in [4.78, 5) is 10.7. The second-order valence-corrected chi connectivity index (χ2v) is 4.76. The molecule has 0 bridgehead atoms. The van der Waals surface area contributed by atoms with Gasteiger partial charge in [-0.3, -0.25) is 4.48 Å². The van der Waals surface area contributed by atoms with E-state index in [9.17, 15) is 4.39 Å². The Kier molecular flexibility index (Phi) is 3.20. The van der Waals surface area contributed by atoms with Gasteiger partial charge in [0.25, 0.3) is 0 Å². The first kappa shape index (κ1) is 12.4. The van der Waals surface area contributed by atoms with Gasteiger partial charge in [-0.05, 0) is 12.1 Å². The van der Waals surface area contributed by atoms with Crippen LogP contribution in [0.2, 0.25) is 0 Å². The third-order valence-corrected chi connectivity index (χ3v) is 2.44. The number of anilines is 2. The molecule has 2 aromatic rings. The van der Waals surface area contributed by atoms with Crippen molar-refractivity contribution in [1.29, 1.82) is 0 Å². The summed E-state index contributed by atoms with van der Waals surface area (Å²) in [6.45, 7) is 0. The van der Waals surface area contributed by atoms with Gasteiger partial charge >= 0.3 is 6.08 Å². The summed E-state index contributed by atoms with van der Waals surface area (Å²) in [7, 11) is 6.26. The number of nitrogens with zero attached hydrogens (tertiary/aromatic N) is 4. The van der Waals surface area contributed by atoms with Gasteiger partial charge < -0.3 is 5.32 Å². The molecule has 1 heterocycles. The Morgan fingerprint density at radius 2 is 1.72 bits per heavy atom. The van der Waals surface area contributed by atoms with Gasteiger partial charge in [0.15, 0.2) is 0 Å². The molecule has 6 heteroatoms. The van der Waals surface area contributed by atoms with Crippen molar-refractivity contribution in [2.24, 2.45) is 0 Å². The molecule has 0 aliphatic heterocycles. The quantitative estimate of drug-likeness (QED) is 0.843. The van der Waals surface area contributed by atoms with Crippen LogP contribution in [0.5, 0.6) is 0 Å². The normalized spacial score (nSPS) is 11.3. The van der Waals surface area contributed by atoms with Crippen molar-refractivity contribution in [2.75, 3.05) is 26.5 Å². The first-order valence-corrected chi connectivity index (χ1v) is 5.49. The summed E-state index contributed by atoms with van der Waals surface area (Å²) in [6, 6.07) is 7.81. The Hall–Kier alpha value is -2.08. The summed E-state index contributed by atoms with van der Waals surface area (Å²) in [5.41, 5.74) is 1.97. The minimum absolute atomic E-state index is 0.195. The van der Waals surface area contributed by atoms with Gasteiger partial charge in [-0.2, -0.15) is 14.4 Å². The van der Waals surface area contributed by atoms with Crippen LogP contribution >= 0.6 is 0 Å². The number of aromatic nitrogens is 3. The second-order valence-electron chi connectivity index (χ2n) is 4.76. The molecule has 0 aliphatic carbocycles. The average molecular weight is 248 g/mol. The molecule has 0 fully saturated rings. The summed E-state index contributed by atoms with van der Waals surface area (Å²) < 4.78 is 13.5. The minimum atomic E-state index is -0.796. The summed E-state index contributed by atoms with van der Waals surface area (Å²) in [6.07, 6.45) is 0.334. The third kappa shape index (κ3) is 2.98. The topological polar surface area (TPSA) is 50.7 Å². The van der Waals surface area contributed by atoms with Gasteiger partial charge in [0.2, 0.25) is 5.95 Å². The number of halogens is 1. The molecule has 0 atom stereocenters. The van der Waals surface area contributed by atoms with E-state index in [0.717, 1.165) is 16.5 Å². The predicted octanol–water partition coefficient (Wildman–Crippen LogP) is 1.95. The van der Waals surface area contributed by atoms with Gasteiger partial charge in [-0.1, -0.05) is 0 Å².